The number of rotatable bonds is 10. The van der Waals surface area contributed by atoms with Gasteiger partial charge in [-0.05, 0) is 97.7 Å². The quantitative estimate of drug-likeness (QED) is 0.330. The zero-order valence-corrected chi connectivity index (χ0v) is 23.5. The summed E-state index contributed by atoms with van der Waals surface area (Å²) in [5.74, 6) is 3.66. The maximum absolute atomic E-state index is 11.9. The van der Waals surface area contributed by atoms with Crippen LogP contribution in [-0.2, 0) is 14.3 Å². The number of allylic oxidation sites excluding steroid dienone is 1. The summed E-state index contributed by atoms with van der Waals surface area (Å²) < 4.78 is 5.93. The van der Waals surface area contributed by atoms with Crippen LogP contribution >= 0.6 is 0 Å². The predicted octanol–water partition coefficient (Wildman–Crippen LogP) is 6.61. The van der Waals surface area contributed by atoms with Crippen molar-refractivity contribution in [2.45, 2.75) is 111 Å². The lowest BCUT2D eigenvalue weighted by molar-refractivity contribution is -0.139. The number of ether oxygens (including phenoxy) is 1. The second-order valence-corrected chi connectivity index (χ2v) is 13.6. The van der Waals surface area contributed by atoms with Gasteiger partial charge in [0.1, 0.15) is 13.2 Å². The van der Waals surface area contributed by atoms with Gasteiger partial charge in [0.2, 0.25) is 5.91 Å². The van der Waals surface area contributed by atoms with Crippen LogP contribution in [0.4, 0.5) is 0 Å². The SMILES string of the molecule is CC(C)CCC[C@@H](C)[C@H]1CCC2C3CC=C4C[C@@H](OCC(=O)NCC(=O)O)CC[C@]4(C)C3CC[C@@]21C. The fourth-order valence-electron chi connectivity index (χ4n) is 9.21. The number of aliphatic carboxylic acids is 1. The van der Waals surface area contributed by atoms with Gasteiger partial charge in [-0.3, -0.25) is 9.59 Å². The molecule has 0 aromatic heterocycles. The van der Waals surface area contributed by atoms with Gasteiger partial charge in [-0.25, -0.2) is 0 Å². The van der Waals surface area contributed by atoms with Crippen molar-refractivity contribution in [3.63, 3.8) is 0 Å². The number of hydrogen-bond donors (Lipinski definition) is 2. The molecule has 8 atom stereocenters. The second-order valence-electron chi connectivity index (χ2n) is 13.6. The minimum Gasteiger partial charge on any atom is -0.480 e. The highest BCUT2D eigenvalue weighted by Gasteiger charge is 2.59. The van der Waals surface area contributed by atoms with Gasteiger partial charge in [0.25, 0.3) is 0 Å². The Hall–Kier alpha value is -1.36. The summed E-state index contributed by atoms with van der Waals surface area (Å²) in [7, 11) is 0. The fourth-order valence-corrected chi connectivity index (χ4v) is 9.21. The fraction of sp³-hybridized carbons (Fsp3) is 0.871. The predicted molar refractivity (Wildman–Crippen MR) is 143 cm³/mol. The molecule has 0 saturated heterocycles. The summed E-state index contributed by atoms with van der Waals surface area (Å²) >= 11 is 0. The average Bonchev–Trinajstić information content (AvgIpc) is 3.18. The van der Waals surface area contributed by atoms with Gasteiger partial charge in [-0.15, -0.1) is 0 Å². The zero-order valence-electron chi connectivity index (χ0n) is 23.5. The number of carbonyl (C=O) groups excluding carboxylic acids is 1. The molecule has 1 amide bonds. The highest BCUT2D eigenvalue weighted by atomic mass is 16.5. The largest absolute Gasteiger partial charge is 0.480 e. The highest BCUT2D eigenvalue weighted by molar-refractivity contribution is 5.81. The van der Waals surface area contributed by atoms with Crippen LogP contribution in [0.15, 0.2) is 11.6 Å². The molecular formula is C31H51NO4. The lowest BCUT2D eigenvalue weighted by Gasteiger charge is -2.58. The first-order valence-electron chi connectivity index (χ1n) is 14.8. The smallest absolute Gasteiger partial charge is 0.322 e. The Morgan fingerprint density at radius 2 is 1.86 bits per heavy atom. The van der Waals surface area contributed by atoms with E-state index >= 15 is 0 Å². The van der Waals surface area contributed by atoms with E-state index in [0.717, 1.165) is 54.8 Å². The molecule has 204 valence electrons. The average molecular weight is 502 g/mol. The van der Waals surface area contributed by atoms with E-state index in [4.69, 9.17) is 9.84 Å². The Morgan fingerprint density at radius 3 is 2.58 bits per heavy atom. The molecule has 0 aliphatic heterocycles. The number of amides is 1. The molecule has 36 heavy (non-hydrogen) atoms. The lowest BCUT2D eigenvalue weighted by atomic mass is 9.47. The Morgan fingerprint density at radius 1 is 1.08 bits per heavy atom. The van der Waals surface area contributed by atoms with Crippen molar-refractivity contribution in [1.29, 1.82) is 0 Å². The highest BCUT2D eigenvalue weighted by Crippen LogP contribution is 2.67. The minimum absolute atomic E-state index is 0.0504. The summed E-state index contributed by atoms with van der Waals surface area (Å²) in [6.07, 6.45) is 16.7. The van der Waals surface area contributed by atoms with E-state index in [-0.39, 0.29) is 30.6 Å². The number of nitrogens with one attached hydrogen (secondary N) is 1. The van der Waals surface area contributed by atoms with Crippen LogP contribution < -0.4 is 5.32 Å². The zero-order chi connectivity index (χ0) is 26.1. The van der Waals surface area contributed by atoms with E-state index in [2.05, 4.69) is 46.0 Å². The molecule has 0 bridgehead atoms. The first-order chi connectivity index (χ1) is 17.0. The number of hydrogen-bond acceptors (Lipinski definition) is 3. The van der Waals surface area contributed by atoms with Crippen molar-refractivity contribution < 1.29 is 19.4 Å². The van der Waals surface area contributed by atoms with Crippen molar-refractivity contribution >= 4 is 11.9 Å². The minimum atomic E-state index is -1.03. The molecule has 0 heterocycles. The summed E-state index contributed by atoms with van der Waals surface area (Å²) in [6.45, 7) is 12.0. The van der Waals surface area contributed by atoms with Crippen molar-refractivity contribution in [3.8, 4) is 0 Å². The van der Waals surface area contributed by atoms with E-state index < -0.39 is 5.97 Å². The van der Waals surface area contributed by atoms with Crippen molar-refractivity contribution in [2.75, 3.05) is 13.2 Å². The maximum Gasteiger partial charge on any atom is 0.322 e. The van der Waals surface area contributed by atoms with Crippen LogP contribution in [0.25, 0.3) is 0 Å². The first-order valence-corrected chi connectivity index (χ1v) is 14.8. The van der Waals surface area contributed by atoms with Gasteiger partial charge in [-0.2, -0.15) is 0 Å². The Kier molecular flexibility index (Phi) is 8.59. The second kappa shape index (κ2) is 11.2. The molecule has 0 radical (unpaired) electrons. The summed E-state index contributed by atoms with van der Waals surface area (Å²) in [5, 5.41) is 11.1. The molecule has 0 aromatic rings. The van der Waals surface area contributed by atoms with Gasteiger partial charge >= 0.3 is 5.97 Å². The number of carbonyl (C=O) groups is 2. The van der Waals surface area contributed by atoms with E-state index in [1.807, 2.05) is 0 Å². The molecule has 4 aliphatic rings. The van der Waals surface area contributed by atoms with Gasteiger partial charge in [0.15, 0.2) is 0 Å². The summed E-state index contributed by atoms with van der Waals surface area (Å²) in [4.78, 5) is 22.6. The standard InChI is InChI=1S/C31H51NO4/c1-20(2)7-6-8-21(3)25-11-12-26-24-10-9-22-17-23(36-19-28(33)32-18-29(34)35)13-15-30(22,4)27(24)14-16-31(25,26)5/h9,20-21,23-27H,6-8,10-19H2,1-5H3,(H,32,33)(H,34,35)/t21-,23+,24?,25-,26?,27?,30+,31-/m1/s1. The van der Waals surface area contributed by atoms with Crippen LogP contribution in [0.2, 0.25) is 0 Å². The van der Waals surface area contributed by atoms with Crippen LogP contribution in [-0.4, -0.2) is 36.2 Å². The number of carboxylic acid groups (broad SMARTS) is 1. The Bertz CT molecular complexity index is 836. The lowest BCUT2D eigenvalue weighted by Crippen LogP contribution is -2.51. The van der Waals surface area contributed by atoms with Crippen molar-refractivity contribution in [1.82, 2.24) is 5.32 Å². The molecule has 3 fully saturated rings. The van der Waals surface area contributed by atoms with Gasteiger partial charge in [0.05, 0.1) is 6.10 Å². The van der Waals surface area contributed by atoms with Gasteiger partial charge < -0.3 is 15.2 Å². The molecule has 2 N–H and O–H groups in total. The number of fused-ring (bicyclic) bond motifs is 5. The molecule has 4 aliphatic carbocycles. The van der Waals surface area contributed by atoms with Gasteiger partial charge in [-0.1, -0.05) is 65.5 Å². The molecular weight excluding hydrogens is 450 g/mol. The van der Waals surface area contributed by atoms with E-state index in [9.17, 15) is 9.59 Å². The van der Waals surface area contributed by atoms with Crippen LogP contribution in [0, 0.1) is 46.3 Å². The van der Waals surface area contributed by atoms with Crippen LogP contribution in [0.5, 0.6) is 0 Å². The molecule has 3 unspecified atom stereocenters. The van der Waals surface area contributed by atoms with E-state index in [1.165, 1.54) is 51.4 Å². The maximum atomic E-state index is 11.9. The van der Waals surface area contributed by atoms with Crippen LogP contribution in [0.3, 0.4) is 0 Å². The molecule has 0 aromatic carbocycles. The third-order valence-electron chi connectivity index (χ3n) is 11.1. The van der Waals surface area contributed by atoms with Crippen molar-refractivity contribution in [2.24, 2.45) is 46.3 Å². The summed E-state index contributed by atoms with van der Waals surface area (Å²) in [6, 6.07) is 0. The molecule has 3 saturated carbocycles. The normalized spacial score (nSPS) is 38.5. The van der Waals surface area contributed by atoms with E-state index in [0.29, 0.717) is 5.41 Å². The third kappa shape index (κ3) is 5.56. The summed E-state index contributed by atoms with van der Waals surface area (Å²) in [5.41, 5.74) is 2.35. The number of carboxylic acids is 1. The van der Waals surface area contributed by atoms with Crippen LogP contribution in [0.1, 0.15) is 105 Å². The topological polar surface area (TPSA) is 75.6 Å². The monoisotopic (exact) mass is 501 g/mol. The third-order valence-corrected chi connectivity index (χ3v) is 11.1. The Labute approximate surface area is 219 Å². The molecule has 0 spiro atoms. The molecule has 4 rings (SSSR count). The van der Waals surface area contributed by atoms with Gasteiger partial charge in [0, 0.05) is 0 Å². The molecule has 5 heteroatoms. The van der Waals surface area contributed by atoms with E-state index in [1.54, 1.807) is 5.57 Å². The van der Waals surface area contributed by atoms with Crippen molar-refractivity contribution in [3.05, 3.63) is 11.6 Å². The Balaban J connectivity index is 1.37. The molecule has 5 nitrogen and oxygen atoms in total. The first kappa shape index (κ1) is 27.7.